The number of rotatable bonds is 4. The molecule has 3 nitrogen and oxygen atoms in total. The van der Waals surface area contributed by atoms with E-state index < -0.39 is 0 Å². The highest BCUT2D eigenvalue weighted by atomic mass is 16.2. The van der Waals surface area contributed by atoms with Gasteiger partial charge in [0, 0.05) is 6.54 Å². The Balaban J connectivity index is 1.65. The highest BCUT2D eigenvalue weighted by Crippen LogP contribution is 2.22. The lowest BCUT2D eigenvalue weighted by molar-refractivity contribution is 0.0652. The van der Waals surface area contributed by atoms with Gasteiger partial charge in [-0.15, -0.1) is 0 Å². The summed E-state index contributed by atoms with van der Waals surface area (Å²) < 4.78 is 0. The fraction of sp³-hybridized carbons (Fsp3) is 0.222. The van der Waals surface area contributed by atoms with Gasteiger partial charge in [0.2, 0.25) is 0 Å². The van der Waals surface area contributed by atoms with E-state index in [0.717, 1.165) is 12.8 Å². The van der Waals surface area contributed by atoms with E-state index in [1.807, 2.05) is 6.07 Å². The normalized spacial score (nSPS) is 13.7. The maximum atomic E-state index is 12.2. The molecule has 106 valence electrons. The molecule has 3 heteroatoms. The molecule has 0 aliphatic carbocycles. The monoisotopic (exact) mass is 279 g/mol. The van der Waals surface area contributed by atoms with Crippen molar-refractivity contribution in [3.63, 3.8) is 0 Å². The molecule has 2 aromatic rings. The van der Waals surface area contributed by atoms with Crippen molar-refractivity contribution in [2.75, 3.05) is 6.54 Å². The van der Waals surface area contributed by atoms with Crippen LogP contribution >= 0.6 is 0 Å². The van der Waals surface area contributed by atoms with E-state index in [1.54, 1.807) is 24.3 Å². The number of hydrogen-bond donors (Lipinski definition) is 0. The van der Waals surface area contributed by atoms with Crippen molar-refractivity contribution in [2.45, 2.75) is 19.8 Å². The lowest BCUT2D eigenvalue weighted by Gasteiger charge is -2.13. The Morgan fingerprint density at radius 1 is 0.905 bits per heavy atom. The van der Waals surface area contributed by atoms with Crippen molar-refractivity contribution >= 4 is 11.8 Å². The van der Waals surface area contributed by atoms with Crippen LogP contribution in [0, 0.1) is 6.92 Å². The molecule has 2 aromatic carbocycles. The van der Waals surface area contributed by atoms with Crippen molar-refractivity contribution in [1.82, 2.24) is 4.90 Å². The Bertz CT molecular complexity index is 671. The summed E-state index contributed by atoms with van der Waals surface area (Å²) in [5, 5.41) is 0. The second-order valence-electron chi connectivity index (χ2n) is 5.40. The van der Waals surface area contributed by atoms with Crippen LogP contribution in [0.4, 0.5) is 0 Å². The summed E-state index contributed by atoms with van der Waals surface area (Å²) in [6, 6.07) is 15.3. The van der Waals surface area contributed by atoms with Gasteiger partial charge in [-0.2, -0.15) is 0 Å². The van der Waals surface area contributed by atoms with Crippen LogP contribution in [0.5, 0.6) is 0 Å². The van der Waals surface area contributed by atoms with Gasteiger partial charge in [-0.1, -0.05) is 42.0 Å². The molecule has 0 aromatic heterocycles. The van der Waals surface area contributed by atoms with E-state index in [1.165, 1.54) is 16.0 Å². The first kappa shape index (κ1) is 13.6. The lowest BCUT2D eigenvalue weighted by Crippen LogP contribution is -2.30. The molecule has 0 radical (unpaired) electrons. The quantitative estimate of drug-likeness (QED) is 0.806. The largest absolute Gasteiger partial charge is 0.274 e. The third kappa shape index (κ3) is 2.59. The van der Waals surface area contributed by atoms with Gasteiger partial charge in [-0.25, -0.2) is 0 Å². The molecule has 1 aliphatic rings. The predicted octanol–water partition coefficient (Wildman–Crippen LogP) is 3.22. The van der Waals surface area contributed by atoms with Gasteiger partial charge in [-0.05, 0) is 37.5 Å². The van der Waals surface area contributed by atoms with Crippen molar-refractivity contribution in [3.8, 4) is 0 Å². The topological polar surface area (TPSA) is 37.4 Å². The highest BCUT2D eigenvalue weighted by Gasteiger charge is 2.34. The van der Waals surface area contributed by atoms with Gasteiger partial charge in [-0.3, -0.25) is 14.5 Å². The van der Waals surface area contributed by atoms with E-state index in [4.69, 9.17) is 0 Å². The van der Waals surface area contributed by atoms with Gasteiger partial charge in [0.05, 0.1) is 11.1 Å². The SMILES string of the molecule is Cc1cccc(CCCN2C(=O)c3ccccc3C2=O)c1. The predicted molar refractivity (Wildman–Crippen MR) is 81.3 cm³/mol. The Kier molecular flexibility index (Phi) is 3.57. The van der Waals surface area contributed by atoms with Crippen LogP contribution < -0.4 is 0 Å². The van der Waals surface area contributed by atoms with Gasteiger partial charge in [0.25, 0.3) is 11.8 Å². The molecule has 0 spiro atoms. The smallest absolute Gasteiger partial charge is 0.261 e. The van der Waals surface area contributed by atoms with Gasteiger partial charge >= 0.3 is 0 Å². The van der Waals surface area contributed by atoms with Crippen LogP contribution in [0.15, 0.2) is 48.5 Å². The Hall–Kier alpha value is -2.42. The lowest BCUT2D eigenvalue weighted by atomic mass is 10.1. The van der Waals surface area contributed by atoms with Gasteiger partial charge < -0.3 is 0 Å². The minimum Gasteiger partial charge on any atom is -0.274 e. The van der Waals surface area contributed by atoms with Crippen molar-refractivity contribution in [2.24, 2.45) is 0 Å². The fourth-order valence-corrected chi connectivity index (χ4v) is 2.75. The third-order valence-electron chi connectivity index (χ3n) is 3.81. The summed E-state index contributed by atoms with van der Waals surface area (Å²) >= 11 is 0. The number of amides is 2. The summed E-state index contributed by atoms with van der Waals surface area (Å²) in [6.45, 7) is 2.54. The number of imide groups is 1. The Morgan fingerprint density at radius 2 is 1.57 bits per heavy atom. The van der Waals surface area contributed by atoms with Crippen LogP contribution in [0.2, 0.25) is 0 Å². The molecule has 2 amide bonds. The fourth-order valence-electron chi connectivity index (χ4n) is 2.75. The average Bonchev–Trinajstić information content (AvgIpc) is 2.73. The Morgan fingerprint density at radius 3 is 2.19 bits per heavy atom. The van der Waals surface area contributed by atoms with Crippen LogP contribution in [0.25, 0.3) is 0 Å². The van der Waals surface area contributed by atoms with Crippen molar-refractivity contribution in [3.05, 3.63) is 70.8 Å². The van der Waals surface area contributed by atoms with Crippen molar-refractivity contribution in [1.29, 1.82) is 0 Å². The molecule has 0 saturated carbocycles. The van der Waals surface area contributed by atoms with Crippen LogP contribution in [-0.4, -0.2) is 23.3 Å². The summed E-state index contributed by atoms with van der Waals surface area (Å²) in [5.41, 5.74) is 3.52. The first-order chi connectivity index (χ1) is 10.2. The summed E-state index contributed by atoms with van der Waals surface area (Å²) in [4.78, 5) is 25.8. The molecule has 0 saturated heterocycles. The molecule has 0 N–H and O–H groups in total. The molecule has 0 atom stereocenters. The first-order valence-electron chi connectivity index (χ1n) is 7.17. The van der Waals surface area contributed by atoms with E-state index >= 15 is 0 Å². The summed E-state index contributed by atoms with van der Waals surface area (Å²) in [6.07, 6.45) is 1.66. The number of carbonyl (C=O) groups is 2. The molecule has 1 aliphatic heterocycles. The standard InChI is InChI=1S/C18H17NO2/c1-13-6-4-7-14(12-13)8-5-11-19-17(20)15-9-2-3-10-16(15)18(19)21/h2-4,6-7,9-10,12H,5,8,11H2,1H3. The average molecular weight is 279 g/mol. The number of carbonyl (C=O) groups excluding carboxylic acids is 2. The van der Waals surface area contributed by atoms with Crippen LogP contribution in [-0.2, 0) is 6.42 Å². The number of nitrogens with zero attached hydrogens (tertiary/aromatic N) is 1. The molecule has 1 heterocycles. The number of benzene rings is 2. The van der Waals surface area contributed by atoms with Gasteiger partial charge in [0.1, 0.15) is 0 Å². The minimum atomic E-state index is -0.167. The number of fused-ring (bicyclic) bond motifs is 1. The summed E-state index contributed by atoms with van der Waals surface area (Å²) in [7, 11) is 0. The zero-order valence-corrected chi connectivity index (χ0v) is 12.0. The van der Waals surface area contributed by atoms with E-state index in [-0.39, 0.29) is 11.8 Å². The molecule has 0 unspecified atom stereocenters. The van der Waals surface area contributed by atoms with Gasteiger partial charge in [0.15, 0.2) is 0 Å². The molecule has 0 bridgehead atoms. The molecule has 3 rings (SSSR count). The highest BCUT2D eigenvalue weighted by molar-refractivity contribution is 6.21. The second-order valence-corrected chi connectivity index (χ2v) is 5.40. The zero-order chi connectivity index (χ0) is 14.8. The maximum absolute atomic E-state index is 12.2. The third-order valence-corrected chi connectivity index (χ3v) is 3.81. The molecular formula is C18H17NO2. The zero-order valence-electron chi connectivity index (χ0n) is 12.0. The van der Waals surface area contributed by atoms with Crippen LogP contribution in [0.3, 0.4) is 0 Å². The molecule has 0 fully saturated rings. The first-order valence-corrected chi connectivity index (χ1v) is 7.17. The second kappa shape index (κ2) is 5.52. The number of aryl methyl sites for hydroxylation is 2. The molecular weight excluding hydrogens is 262 g/mol. The number of hydrogen-bond acceptors (Lipinski definition) is 2. The van der Waals surface area contributed by atoms with E-state index in [9.17, 15) is 9.59 Å². The maximum Gasteiger partial charge on any atom is 0.261 e. The van der Waals surface area contributed by atoms with E-state index in [0.29, 0.717) is 17.7 Å². The van der Waals surface area contributed by atoms with E-state index in [2.05, 4.69) is 25.1 Å². The van der Waals surface area contributed by atoms with Crippen molar-refractivity contribution < 1.29 is 9.59 Å². The van der Waals surface area contributed by atoms with Crippen LogP contribution in [0.1, 0.15) is 38.3 Å². The Labute approximate surface area is 124 Å². The molecule has 21 heavy (non-hydrogen) atoms. The summed E-state index contributed by atoms with van der Waals surface area (Å²) in [5.74, 6) is -0.334. The minimum absolute atomic E-state index is 0.167.